The third kappa shape index (κ3) is 3.16. The maximum Gasteiger partial charge on any atom is 0.310 e. The number of rotatable bonds is 4. The molecule has 2 N–H and O–H groups in total. The predicted octanol–water partition coefficient (Wildman–Crippen LogP) is 1.33. The summed E-state index contributed by atoms with van der Waals surface area (Å²) in [6, 6.07) is 0.841. The molecule has 4 nitrogen and oxygen atoms in total. The lowest BCUT2D eigenvalue weighted by molar-refractivity contribution is -0.139. The van der Waals surface area contributed by atoms with Gasteiger partial charge in [-0.05, 0) is 11.6 Å². The lowest BCUT2D eigenvalue weighted by atomic mass is 10.1. The molecule has 7 heteroatoms. The molecule has 1 aromatic heterocycles. The Morgan fingerprint density at radius 3 is 2.71 bits per heavy atom. The van der Waals surface area contributed by atoms with Gasteiger partial charge < -0.3 is 10.5 Å². The Labute approximate surface area is 95.6 Å². The van der Waals surface area contributed by atoms with Crippen molar-refractivity contribution in [3.05, 3.63) is 28.8 Å². The summed E-state index contributed by atoms with van der Waals surface area (Å²) in [4.78, 5) is 14.4. The molecule has 0 saturated heterocycles. The average molecular weight is 248 g/mol. The summed E-state index contributed by atoms with van der Waals surface area (Å²) in [6.45, 7) is -0.288. The number of esters is 1. The topological polar surface area (TPSA) is 65.2 Å². The summed E-state index contributed by atoms with van der Waals surface area (Å²) < 4.78 is 42.9. The normalized spacial score (nSPS) is 10.7. The number of nitrogens with zero attached hydrogens (tertiary/aromatic N) is 1. The van der Waals surface area contributed by atoms with Crippen LogP contribution in [0.15, 0.2) is 6.07 Å². The van der Waals surface area contributed by atoms with Crippen molar-refractivity contribution in [3.63, 3.8) is 0 Å². The van der Waals surface area contributed by atoms with Crippen LogP contribution in [-0.4, -0.2) is 18.1 Å². The molecule has 1 heterocycles. The molecule has 0 aliphatic rings. The van der Waals surface area contributed by atoms with Crippen molar-refractivity contribution in [2.45, 2.75) is 19.4 Å². The van der Waals surface area contributed by atoms with Crippen LogP contribution >= 0.6 is 0 Å². The third-order valence-corrected chi connectivity index (χ3v) is 2.12. The second kappa shape index (κ2) is 5.62. The molecule has 0 aliphatic heterocycles. The van der Waals surface area contributed by atoms with Crippen LogP contribution in [-0.2, 0) is 22.5 Å². The number of pyridine rings is 1. The van der Waals surface area contributed by atoms with Gasteiger partial charge in [0, 0.05) is 6.54 Å². The zero-order valence-electron chi connectivity index (χ0n) is 9.04. The van der Waals surface area contributed by atoms with Crippen molar-refractivity contribution in [2.75, 3.05) is 7.11 Å². The molecule has 0 aromatic carbocycles. The molecule has 0 fully saturated rings. The molecule has 0 atom stereocenters. The van der Waals surface area contributed by atoms with Gasteiger partial charge >= 0.3 is 5.97 Å². The van der Waals surface area contributed by atoms with Gasteiger partial charge in [-0.25, -0.2) is 18.2 Å². The van der Waals surface area contributed by atoms with Crippen molar-refractivity contribution < 1.29 is 22.7 Å². The zero-order valence-corrected chi connectivity index (χ0v) is 9.04. The number of hydrogen-bond donors (Lipinski definition) is 1. The first kappa shape index (κ1) is 13.4. The van der Waals surface area contributed by atoms with Gasteiger partial charge in [0.05, 0.1) is 19.2 Å². The van der Waals surface area contributed by atoms with E-state index in [4.69, 9.17) is 5.73 Å². The van der Waals surface area contributed by atoms with Crippen LogP contribution in [0.3, 0.4) is 0 Å². The first-order chi connectivity index (χ1) is 7.99. The number of carbonyl (C=O) groups is 1. The van der Waals surface area contributed by atoms with Crippen molar-refractivity contribution in [3.8, 4) is 0 Å². The number of carbonyl (C=O) groups excluding carboxylic acids is 1. The highest BCUT2D eigenvalue weighted by atomic mass is 19.3. The van der Waals surface area contributed by atoms with Crippen LogP contribution in [0.25, 0.3) is 0 Å². The Hall–Kier alpha value is -1.63. The van der Waals surface area contributed by atoms with Gasteiger partial charge in [-0.3, -0.25) is 4.79 Å². The minimum atomic E-state index is -2.90. The van der Waals surface area contributed by atoms with Gasteiger partial charge in [-0.2, -0.15) is 0 Å². The van der Waals surface area contributed by atoms with E-state index in [1.54, 1.807) is 0 Å². The summed E-state index contributed by atoms with van der Waals surface area (Å²) >= 11 is 0. The van der Waals surface area contributed by atoms with Crippen molar-refractivity contribution in [1.29, 1.82) is 0 Å². The second-order valence-electron chi connectivity index (χ2n) is 3.22. The largest absolute Gasteiger partial charge is 0.469 e. The highest BCUT2D eigenvalue weighted by Crippen LogP contribution is 2.23. The number of halogens is 3. The van der Waals surface area contributed by atoms with E-state index in [2.05, 4.69) is 9.72 Å². The van der Waals surface area contributed by atoms with E-state index < -0.39 is 30.3 Å². The molecule has 1 aromatic rings. The molecular weight excluding hydrogens is 237 g/mol. The lowest BCUT2D eigenvalue weighted by Crippen LogP contribution is -2.12. The van der Waals surface area contributed by atoms with Crippen molar-refractivity contribution >= 4 is 5.97 Å². The van der Waals surface area contributed by atoms with Crippen LogP contribution in [0.4, 0.5) is 13.2 Å². The average Bonchev–Trinajstić information content (AvgIpc) is 2.28. The third-order valence-electron chi connectivity index (χ3n) is 2.12. The highest BCUT2D eigenvalue weighted by molar-refractivity contribution is 5.72. The van der Waals surface area contributed by atoms with Gasteiger partial charge in [-0.15, -0.1) is 0 Å². The first-order valence-corrected chi connectivity index (χ1v) is 4.72. The summed E-state index contributed by atoms with van der Waals surface area (Å²) in [7, 11) is 1.11. The van der Waals surface area contributed by atoms with E-state index in [9.17, 15) is 18.0 Å². The van der Waals surface area contributed by atoms with Gasteiger partial charge in [-0.1, -0.05) is 0 Å². The fraction of sp³-hybridized carbons (Fsp3) is 0.400. The maximum atomic E-state index is 13.3. The quantitative estimate of drug-likeness (QED) is 0.816. The summed E-state index contributed by atoms with van der Waals surface area (Å²) in [5.41, 5.74) is 4.07. The molecule has 0 saturated carbocycles. The Morgan fingerprint density at radius 1 is 1.59 bits per heavy atom. The summed E-state index contributed by atoms with van der Waals surface area (Å²) in [5, 5.41) is 0. The molecule has 0 unspecified atom stereocenters. The van der Waals surface area contributed by atoms with E-state index in [0.717, 1.165) is 13.2 Å². The monoisotopic (exact) mass is 248 g/mol. The minimum Gasteiger partial charge on any atom is -0.469 e. The summed E-state index contributed by atoms with van der Waals surface area (Å²) in [5.74, 6) is -1.55. The molecule has 0 aliphatic carbocycles. The standard InChI is InChI=1S/C10H11F3N2O2/c1-17-8(16)3-5-2-6(11)7(4-14)15-9(5)10(12)13/h2,10H,3-4,14H2,1H3. The predicted molar refractivity (Wildman–Crippen MR) is 52.8 cm³/mol. The molecule has 0 amide bonds. The van der Waals surface area contributed by atoms with Crippen LogP contribution in [0.2, 0.25) is 0 Å². The van der Waals surface area contributed by atoms with Crippen LogP contribution in [0.1, 0.15) is 23.4 Å². The fourth-order valence-corrected chi connectivity index (χ4v) is 1.28. The molecule has 94 valence electrons. The first-order valence-electron chi connectivity index (χ1n) is 4.72. The second-order valence-corrected chi connectivity index (χ2v) is 3.22. The van der Waals surface area contributed by atoms with Crippen molar-refractivity contribution in [1.82, 2.24) is 4.98 Å². The van der Waals surface area contributed by atoms with E-state index in [0.29, 0.717) is 0 Å². The van der Waals surface area contributed by atoms with Crippen LogP contribution < -0.4 is 5.73 Å². The van der Waals surface area contributed by atoms with Gasteiger partial charge in [0.15, 0.2) is 0 Å². The van der Waals surface area contributed by atoms with E-state index >= 15 is 0 Å². The maximum absolute atomic E-state index is 13.3. The molecule has 0 bridgehead atoms. The Morgan fingerprint density at radius 2 is 2.24 bits per heavy atom. The molecule has 17 heavy (non-hydrogen) atoms. The van der Waals surface area contributed by atoms with E-state index in [1.807, 2.05) is 0 Å². The Balaban J connectivity index is 3.18. The van der Waals surface area contributed by atoms with E-state index in [1.165, 1.54) is 0 Å². The SMILES string of the molecule is COC(=O)Cc1cc(F)c(CN)nc1C(F)F. The fourth-order valence-electron chi connectivity index (χ4n) is 1.28. The van der Waals surface area contributed by atoms with Crippen molar-refractivity contribution in [2.24, 2.45) is 5.73 Å². The number of alkyl halides is 2. The Kier molecular flexibility index (Phi) is 4.45. The number of methoxy groups -OCH3 is 1. The molecule has 0 radical (unpaired) electrons. The zero-order chi connectivity index (χ0) is 13.0. The van der Waals surface area contributed by atoms with Crippen LogP contribution in [0.5, 0.6) is 0 Å². The Bertz CT molecular complexity index is 424. The number of hydrogen-bond acceptors (Lipinski definition) is 4. The lowest BCUT2D eigenvalue weighted by Gasteiger charge is -2.09. The minimum absolute atomic E-state index is 0.193. The number of nitrogens with two attached hydrogens (primary N) is 1. The molecular formula is C10H11F3N2O2. The van der Waals surface area contributed by atoms with Gasteiger partial charge in [0.1, 0.15) is 11.5 Å². The number of aromatic nitrogens is 1. The molecule has 1 rings (SSSR count). The molecule has 0 spiro atoms. The van der Waals surface area contributed by atoms with E-state index in [-0.39, 0.29) is 17.8 Å². The van der Waals surface area contributed by atoms with Gasteiger partial charge in [0.2, 0.25) is 0 Å². The smallest absolute Gasteiger partial charge is 0.310 e. The summed E-state index contributed by atoms with van der Waals surface area (Å²) in [6.07, 6.45) is -3.36. The number of ether oxygens (including phenoxy) is 1. The van der Waals surface area contributed by atoms with Gasteiger partial charge in [0.25, 0.3) is 6.43 Å². The highest BCUT2D eigenvalue weighted by Gasteiger charge is 2.20. The van der Waals surface area contributed by atoms with Crippen LogP contribution in [0, 0.1) is 5.82 Å².